The Morgan fingerprint density at radius 1 is 1.41 bits per heavy atom. The molecule has 1 rings (SSSR count). The summed E-state index contributed by atoms with van der Waals surface area (Å²) in [6.45, 7) is 1.55. The van der Waals surface area contributed by atoms with E-state index in [1.54, 1.807) is 11.9 Å². The van der Waals surface area contributed by atoms with Gasteiger partial charge >= 0.3 is 0 Å². The first kappa shape index (κ1) is 14.5. The molecule has 0 saturated carbocycles. The second-order valence-electron chi connectivity index (χ2n) is 4.19. The van der Waals surface area contributed by atoms with Crippen LogP contribution in [0.25, 0.3) is 0 Å². The van der Waals surface area contributed by atoms with Crippen molar-refractivity contribution in [2.45, 2.75) is 25.4 Å². The van der Waals surface area contributed by atoms with Gasteiger partial charge in [-0.3, -0.25) is 4.90 Å². The smallest absolute Gasteiger partial charge is 0.251 e. The third-order valence-corrected chi connectivity index (χ3v) is 3.08. The fraction of sp³-hybridized carbons (Fsp3) is 0.500. The molecule has 0 spiro atoms. The van der Waals surface area contributed by atoms with Gasteiger partial charge in [0.2, 0.25) is 0 Å². The van der Waals surface area contributed by atoms with Crippen molar-refractivity contribution in [3.63, 3.8) is 0 Å². The zero-order valence-corrected chi connectivity index (χ0v) is 11.5. The molecule has 0 saturated heterocycles. The minimum atomic E-state index is -2.35. The van der Waals surface area contributed by atoms with Crippen LogP contribution in [0.15, 0.2) is 28.7 Å². The number of benzene rings is 1. The van der Waals surface area contributed by atoms with Gasteiger partial charge in [-0.2, -0.15) is 0 Å². The first-order valence-electron chi connectivity index (χ1n) is 5.41. The van der Waals surface area contributed by atoms with Gasteiger partial charge in [0.1, 0.15) is 0 Å². The Morgan fingerprint density at radius 2 is 2.06 bits per heavy atom. The summed E-state index contributed by atoms with van der Waals surface area (Å²) in [5.74, 6) is 0. The van der Waals surface area contributed by atoms with Gasteiger partial charge in [-0.15, -0.1) is 0 Å². The average Bonchev–Trinajstić information content (AvgIpc) is 2.15. The van der Waals surface area contributed by atoms with E-state index in [9.17, 15) is 8.78 Å². The molecule has 0 aliphatic heterocycles. The largest absolute Gasteiger partial charge is 0.326 e. The van der Waals surface area contributed by atoms with Crippen LogP contribution in [-0.4, -0.2) is 31.0 Å². The lowest BCUT2D eigenvalue weighted by Gasteiger charge is -2.31. The van der Waals surface area contributed by atoms with Crippen LogP contribution < -0.4 is 5.73 Å². The Balaban J connectivity index is 2.93. The summed E-state index contributed by atoms with van der Waals surface area (Å²) in [6.07, 6.45) is -2.35. The topological polar surface area (TPSA) is 29.3 Å². The molecule has 0 aliphatic carbocycles. The molecule has 2 N–H and O–H groups in total. The summed E-state index contributed by atoms with van der Waals surface area (Å²) in [5, 5.41) is 0. The van der Waals surface area contributed by atoms with E-state index in [1.807, 2.05) is 31.2 Å². The van der Waals surface area contributed by atoms with Gasteiger partial charge in [-0.1, -0.05) is 28.1 Å². The highest BCUT2D eigenvalue weighted by molar-refractivity contribution is 9.10. The predicted molar refractivity (Wildman–Crippen MR) is 69.2 cm³/mol. The molecular weight excluding hydrogens is 290 g/mol. The van der Waals surface area contributed by atoms with Crippen LogP contribution >= 0.6 is 15.9 Å². The maximum Gasteiger partial charge on any atom is 0.251 e. The van der Waals surface area contributed by atoms with Gasteiger partial charge in [0.25, 0.3) is 6.43 Å². The molecule has 2 nitrogen and oxygen atoms in total. The molecule has 0 bridgehead atoms. The van der Waals surface area contributed by atoms with Gasteiger partial charge in [0.15, 0.2) is 0 Å². The lowest BCUT2D eigenvalue weighted by atomic mass is 10.00. The van der Waals surface area contributed by atoms with E-state index in [1.165, 1.54) is 0 Å². The first-order chi connectivity index (χ1) is 7.91. The van der Waals surface area contributed by atoms with Crippen molar-refractivity contribution in [1.29, 1.82) is 0 Å². The molecule has 17 heavy (non-hydrogen) atoms. The predicted octanol–water partition coefficient (Wildman–Crippen LogP) is 3.03. The number of alkyl halides is 2. The van der Waals surface area contributed by atoms with Gasteiger partial charge < -0.3 is 5.73 Å². The van der Waals surface area contributed by atoms with Gasteiger partial charge in [0, 0.05) is 16.6 Å². The van der Waals surface area contributed by atoms with E-state index in [0.29, 0.717) is 0 Å². The Kier molecular flexibility index (Phi) is 5.49. The standard InChI is InChI=1S/C12H17BrF2N2/c1-8(16)12(17(2)7-11(14)15)9-4-3-5-10(13)6-9/h3-6,8,11-12H,7,16H2,1-2H3. The third kappa shape index (κ3) is 4.33. The van der Waals surface area contributed by atoms with E-state index in [4.69, 9.17) is 5.73 Å². The van der Waals surface area contributed by atoms with E-state index in [2.05, 4.69) is 15.9 Å². The molecule has 0 radical (unpaired) electrons. The summed E-state index contributed by atoms with van der Waals surface area (Å²) in [6, 6.07) is 7.17. The van der Waals surface area contributed by atoms with Crippen LogP contribution in [0.1, 0.15) is 18.5 Å². The molecule has 0 aliphatic rings. The summed E-state index contributed by atoms with van der Waals surface area (Å²) in [4.78, 5) is 1.59. The molecule has 2 atom stereocenters. The zero-order chi connectivity index (χ0) is 13.0. The number of halogens is 3. The number of hydrogen-bond acceptors (Lipinski definition) is 2. The summed E-state index contributed by atoms with van der Waals surface area (Å²) in [5.41, 5.74) is 6.84. The van der Waals surface area contributed by atoms with E-state index in [0.717, 1.165) is 10.0 Å². The molecule has 0 aromatic heterocycles. The van der Waals surface area contributed by atoms with Crippen molar-refractivity contribution in [3.8, 4) is 0 Å². The maximum absolute atomic E-state index is 12.4. The monoisotopic (exact) mass is 306 g/mol. The van der Waals surface area contributed by atoms with Crippen molar-refractivity contribution >= 4 is 15.9 Å². The minimum Gasteiger partial charge on any atom is -0.326 e. The Bertz CT molecular complexity index is 358. The Labute approximate surface area is 109 Å². The SMILES string of the molecule is CC(N)C(c1cccc(Br)c1)N(C)CC(F)F. The third-order valence-electron chi connectivity index (χ3n) is 2.59. The van der Waals surface area contributed by atoms with Crippen molar-refractivity contribution in [2.75, 3.05) is 13.6 Å². The van der Waals surface area contributed by atoms with E-state index in [-0.39, 0.29) is 18.6 Å². The van der Waals surface area contributed by atoms with Crippen molar-refractivity contribution in [3.05, 3.63) is 34.3 Å². The van der Waals surface area contributed by atoms with E-state index < -0.39 is 6.43 Å². The van der Waals surface area contributed by atoms with Crippen LogP contribution in [0, 0.1) is 0 Å². The second-order valence-corrected chi connectivity index (χ2v) is 5.11. The van der Waals surface area contributed by atoms with E-state index >= 15 is 0 Å². The lowest BCUT2D eigenvalue weighted by molar-refractivity contribution is 0.0754. The number of hydrogen-bond donors (Lipinski definition) is 1. The van der Waals surface area contributed by atoms with Crippen molar-refractivity contribution in [1.82, 2.24) is 4.90 Å². The highest BCUT2D eigenvalue weighted by Crippen LogP contribution is 2.25. The van der Waals surface area contributed by atoms with Crippen LogP contribution in [-0.2, 0) is 0 Å². The molecular formula is C12H17BrF2N2. The maximum atomic E-state index is 12.4. The molecule has 0 heterocycles. The number of rotatable bonds is 5. The van der Waals surface area contributed by atoms with Crippen molar-refractivity contribution < 1.29 is 8.78 Å². The fourth-order valence-corrected chi connectivity index (χ4v) is 2.40. The van der Waals surface area contributed by atoms with Crippen LogP contribution in [0.4, 0.5) is 8.78 Å². The van der Waals surface area contributed by atoms with Crippen LogP contribution in [0.3, 0.4) is 0 Å². The van der Waals surface area contributed by atoms with Gasteiger partial charge in [0.05, 0.1) is 6.54 Å². The summed E-state index contributed by atoms with van der Waals surface area (Å²) < 4.78 is 25.7. The van der Waals surface area contributed by atoms with Crippen LogP contribution in [0.5, 0.6) is 0 Å². The summed E-state index contributed by atoms with van der Waals surface area (Å²) >= 11 is 3.37. The minimum absolute atomic E-state index is 0.207. The van der Waals surface area contributed by atoms with Crippen molar-refractivity contribution in [2.24, 2.45) is 5.73 Å². The molecule has 0 amide bonds. The number of likely N-dealkylation sites (N-methyl/N-ethyl adjacent to an activating group) is 1. The zero-order valence-electron chi connectivity index (χ0n) is 9.91. The average molecular weight is 307 g/mol. The molecule has 1 aromatic carbocycles. The normalized spacial score (nSPS) is 15.3. The molecule has 1 aromatic rings. The molecule has 96 valence electrons. The van der Waals surface area contributed by atoms with Crippen LogP contribution in [0.2, 0.25) is 0 Å². The molecule has 2 unspecified atom stereocenters. The Hall–Kier alpha value is -0.520. The quantitative estimate of drug-likeness (QED) is 0.906. The number of nitrogens with zero attached hydrogens (tertiary/aromatic N) is 1. The van der Waals surface area contributed by atoms with Gasteiger partial charge in [-0.05, 0) is 31.7 Å². The molecule has 5 heteroatoms. The first-order valence-corrected chi connectivity index (χ1v) is 6.20. The van der Waals surface area contributed by atoms with Gasteiger partial charge in [-0.25, -0.2) is 8.78 Å². The lowest BCUT2D eigenvalue weighted by Crippen LogP contribution is -2.39. The number of nitrogens with two attached hydrogens (primary N) is 1. The highest BCUT2D eigenvalue weighted by Gasteiger charge is 2.23. The second kappa shape index (κ2) is 6.42. The Morgan fingerprint density at radius 3 is 2.53 bits per heavy atom. The highest BCUT2D eigenvalue weighted by atomic mass is 79.9. The molecule has 0 fully saturated rings. The fourth-order valence-electron chi connectivity index (χ4n) is 1.98. The summed E-state index contributed by atoms with van der Waals surface area (Å²) in [7, 11) is 1.67.